The number of rotatable bonds is 13. The SMILES string of the molecule is C.CC/C(=C\c1cc[c-]cc1)C(=O)C(=O)O.CCC1C(C(=O)O)=NN(c2ccc(Cl)cc2Cl)C1c1cc[c-]cc1.CCC1C(C(=O)O)=NN(c2ccc(Cl)cc2Cl)C1c1cc[c-]cc1.Cl.NNc1ccc(Cl)cc1Cl.[W].[W].[W]. The summed E-state index contributed by atoms with van der Waals surface area (Å²) in [6, 6.07) is 45.5. The van der Waals surface area contributed by atoms with E-state index in [9.17, 15) is 29.4 Å². The van der Waals surface area contributed by atoms with Crippen LogP contribution in [0.3, 0.4) is 0 Å². The number of benzene rings is 6. The number of nitrogens with zero attached hydrogens (tertiary/aromatic N) is 4. The van der Waals surface area contributed by atoms with E-state index in [1.54, 1.807) is 102 Å². The molecule has 23 heteroatoms. The molecule has 4 unspecified atom stereocenters. The molecule has 6 aromatic carbocycles. The number of hydrazone groups is 2. The van der Waals surface area contributed by atoms with Crippen LogP contribution in [0.1, 0.15) is 76.2 Å². The van der Waals surface area contributed by atoms with E-state index in [1.807, 2.05) is 62.4 Å². The van der Waals surface area contributed by atoms with E-state index in [0.29, 0.717) is 72.0 Å². The van der Waals surface area contributed by atoms with E-state index in [2.05, 4.69) is 33.8 Å². The maximum absolute atomic E-state index is 11.6. The number of nitrogens with one attached hydrogen (secondary N) is 1. The van der Waals surface area contributed by atoms with Gasteiger partial charge >= 0.3 is 17.9 Å². The largest absolute Gasteiger partial charge is 0.477 e. The van der Waals surface area contributed by atoms with Gasteiger partial charge in [-0.15, -0.1) is 29.1 Å². The first kappa shape index (κ1) is 73.9. The fourth-order valence-corrected chi connectivity index (χ4v) is 9.29. The van der Waals surface area contributed by atoms with Crippen molar-refractivity contribution in [2.75, 3.05) is 15.4 Å². The number of hydrogen-bond acceptors (Lipinski definition) is 10. The summed E-state index contributed by atoms with van der Waals surface area (Å²) >= 11 is 35.9. The van der Waals surface area contributed by atoms with Crippen LogP contribution in [0.5, 0.6) is 0 Å². The summed E-state index contributed by atoms with van der Waals surface area (Å²) in [6.07, 6.45) is 3.29. The number of halogens is 7. The second kappa shape index (κ2) is 36.3. The third-order valence-electron chi connectivity index (χ3n) is 11.3. The molecule has 0 radical (unpaired) electrons. The van der Waals surface area contributed by atoms with Gasteiger partial charge in [-0.05, 0) is 73.9 Å². The van der Waals surface area contributed by atoms with Gasteiger partial charge in [0.05, 0.1) is 44.2 Å². The van der Waals surface area contributed by atoms with Gasteiger partial charge in [0.15, 0.2) is 11.4 Å². The van der Waals surface area contributed by atoms with Crippen molar-refractivity contribution in [3.8, 4) is 0 Å². The minimum atomic E-state index is -1.41. The zero-order chi connectivity index (χ0) is 53.4. The molecule has 2 aliphatic rings. The molecule has 0 aromatic heterocycles. The van der Waals surface area contributed by atoms with Gasteiger partial charge in [0.1, 0.15) is 0 Å². The maximum Gasteiger partial charge on any atom is 0.376 e. The molecular weight excluding hydrogens is 1660 g/mol. The molecule has 2 aliphatic heterocycles. The quantitative estimate of drug-likeness (QED) is 0.0242. The molecule has 6 aromatic rings. The average molecular weight is 1710 g/mol. The molecule has 13 nitrogen and oxygen atoms in total. The third kappa shape index (κ3) is 19.9. The summed E-state index contributed by atoms with van der Waals surface area (Å²) < 4.78 is 0. The predicted octanol–water partition coefficient (Wildman–Crippen LogP) is 14.9. The number of anilines is 3. The molecule has 0 amide bonds. The molecule has 0 spiro atoms. The fraction of sp³-hybridized carbons (Fsp3) is 0.200. The van der Waals surface area contributed by atoms with E-state index in [0.717, 1.165) is 16.7 Å². The standard InChI is InChI=1S/2C18H15Cl2N2O2.C12H11O3.C6H6Cl2N2.CH4.ClH.3W/c2*1-2-13-16(18(23)24)21-22(15-9-8-12(19)10-14(15)20)17(13)11-6-4-3-5-7-11;1-2-10(11(13)12(14)15)8-9-6-4-3-5-7-9;7-4-1-2-6(10-9)5(8)3-4;;;;;/h2*4-10,13,17H,2H2,1H3,(H,23,24);4-8H,2H2,1H3,(H,14,15);1-3,10H,9H2;1H4;1H;;;/q3*-1;;;;;;/b;;10-8+;;;;;;. The number of carbonyl (C=O) groups excluding carboxylic acids is 1. The van der Waals surface area contributed by atoms with Gasteiger partial charge in [-0.1, -0.05) is 104 Å². The molecule has 2 heterocycles. The Bertz CT molecular complexity index is 2870. The monoisotopic (exact) mass is 1710 g/mol. The number of hydrogen-bond donors (Lipinski definition) is 5. The third-order valence-corrected chi connectivity index (χ3v) is 12.9. The summed E-state index contributed by atoms with van der Waals surface area (Å²) in [5, 5.41) is 42.8. The summed E-state index contributed by atoms with van der Waals surface area (Å²) in [6.45, 7) is 5.66. The van der Waals surface area contributed by atoms with Crippen molar-refractivity contribution in [2.24, 2.45) is 27.9 Å². The van der Waals surface area contributed by atoms with Crippen molar-refractivity contribution in [1.82, 2.24) is 0 Å². The Hall–Kier alpha value is -4.07. The van der Waals surface area contributed by atoms with Gasteiger partial charge in [0.2, 0.25) is 0 Å². The van der Waals surface area contributed by atoms with E-state index >= 15 is 0 Å². The maximum atomic E-state index is 11.6. The first-order chi connectivity index (χ1) is 34.9. The molecule has 0 fully saturated rings. The van der Waals surface area contributed by atoms with Crippen LogP contribution >= 0.6 is 82.0 Å². The van der Waals surface area contributed by atoms with Crippen LogP contribution in [0.2, 0.25) is 30.1 Å². The molecule has 0 saturated heterocycles. The Morgan fingerprint density at radius 1 is 0.590 bits per heavy atom. The Kier molecular flexibility index (Phi) is 34.4. The van der Waals surface area contributed by atoms with Gasteiger partial charge < -0.3 is 20.7 Å². The van der Waals surface area contributed by atoms with Crippen molar-refractivity contribution >= 4 is 140 Å². The molecule has 6 N–H and O–H groups in total. The van der Waals surface area contributed by atoms with E-state index in [-0.39, 0.29) is 118 Å². The number of hydrazine groups is 1. The smallest absolute Gasteiger partial charge is 0.376 e. The number of carboxylic acids is 3. The predicted molar refractivity (Wildman–Crippen MR) is 306 cm³/mol. The molecule has 8 rings (SSSR count). The topological polar surface area (TPSA) is 198 Å². The van der Waals surface area contributed by atoms with Crippen LogP contribution in [0.25, 0.3) is 6.08 Å². The summed E-state index contributed by atoms with van der Waals surface area (Å²) in [5.41, 5.74) is 7.68. The molecule has 78 heavy (non-hydrogen) atoms. The van der Waals surface area contributed by atoms with Crippen molar-refractivity contribution in [3.05, 3.63) is 198 Å². The summed E-state index contributed by atoms with van der Waals surface area (Å²) in [5.74, 6) is 0.367. The van der Waals surface area contributed by atoms with Gasteiger partial charge in [-0.2, -0.15) is 101 Å². The zero-order valence-corrected chi connectivity index (χ0v) is 55.0. The van der Waals surface area contributed by atoms with E-state index in [4.69, 9.17) is 80.6 Å². The van der Waals surface area contributed by atoms with Gasteiger partial charge in [0, 0.05) is 95.7 Å². The van der Waals surface area contributed by atoms with Gasteiger partial charge in [0.25, 0.3) is 5.78 Å². The second-order valence-corrected chi connectivity index (χ2v) is 18.3. The van der Waals surface area contributed by atoms with Crippen LogP contribution in [0.15, 0.2) is 143 Å². The van der Waals surface area contributed by atoms with Crippen molar-refractivity contribution in [3.63, 3.8) is 0 Å². The van der Waals surface area contributed by atoms with Gasteiger partial charge in [-0.3, -0.25) is 20.7 Å². The van der Waals surface area contributed by atoms with E-state index in [1.165, 1.54) is 0 Å². The Morgan fingerprint density at radius 3 is 1.26 bits per heavy atom. The van der Waals surface area contributed by atoms with Crippen LogP contribution in [-0.2, 0) is 82.4 Å². The Morgan fingerprint density at radius 2 is 0.949 bits per heavy atom. The van der Waals surface area contributed by atoms with Crippen LogP contribution in [0, 0.1) is 30.0 Å². The summed E-state index contributed by atoms with van der Waals surface area (Å²) in [4.78, 5) is 45.0. The van der Waals surface area contributed by atoms with Crippen molar-refractivity contribution in [1.29, 1.82) is 0 Å². The van der Waals surface area contributed by atoms with Crippen molar-refractivity contribution < 1.29 is 97.7 Å². The number of aliphatic carboxylic acids is 3. The summed E-state index contributed by atoms with van der Waals surface area (Å²) in [7, 11) is 0. The Labute approximate surface area is 533 Å². The number of carbonyl (C=O) groups is 4. The molecule has 4 atom stereocenters. The Balaban J connectivity index is 0.00000104. The number of nitrogen functional groups attached to an aromatic ring is 1. The molecule has 414 valence electrons. The van der Waals surface area contributed by atoms with E-state index < -0.39 is 23.7 Å². The molecular formula is C55H52Cl7N6O7W3-3. The minimum absolute atomic E-state index is 0. The molecule has 0 bridgehead atoms. The fourth-order valence-electron chi connectivity index (χ4n) is 7.83. The van der Waals surface area contributed by atoms with Gasteiger partial charge in [-0.25, -0.2) is 14.4 Å². The number of nitrogens with two attached hydrogens (primary N) is 1. The first-order valence-corrected chi connectivity index (χ1v) is 24.6. The number of ketones is 1. The normalized spacial score (nSPS) is 15.7. The van der Waals surface area contributed by atoms with Crippen LogP contribution < -0.4 is 21.3 Å². The number of carboxylic acid groups (broad SMARTS) is 3. The first-order valence-electron chi connectivity index (χ1n) is 22.3. The second-order valence-electron chi connectivity index (χ2n) is 15.8. The van der Waals surface area contributed by atoms with Crippen LogP contribution in [-0.4, -0.2) is 50.4 Å². The van der Waals surface area contributed by atoms with Crippen LogP contribution in [0.4, 0.5) is 17.1 Å². The number of Topliss-reactive ketones (excluding diaryl/α,β-unsaturated/α-hetero) is 1. The van der Waals surface area contributed by atoms with Crippen molar-refractivity contribution in [2.45, 2.75) is 59.5 Å². The minimum Gasteiger partial charge on any atom is -0.477 e. The zero-order valence-electron chi connectivity index (χ0n) is 40.9. The molecule has 0 saturated carbocycles. The molecule has 0 aliphatic carbocycles. The average Bonchev–Trinajstić information content (AvgIpc) is 3.97.